The Hall–Kier alpha value is -2.54. The SMILES string of the molecule is CCNc1cc(NCc2cccc(C#N)c2)ccn1. The molecule has 1 heterocycles. The molecule has 0 aliphatic rings. The highest BCUT2D eigenvalue weighted by Crippen LogP contribution is 2.13. The topological polar surface area (TPSA) is 60.7 Å². The number of nitriles is 1. The Kier molecular flexibility index (Phi) is 4.35. The Balaban J connectivity index is 2.01. The molecule has 0 aliphatic heterocycles. The number of nitrogens with one attached hydrogen (secondary N) is 2. The molecule has 4 nitrogen and oxygen atoms in total. The van der Waals surface area contributed by atoms with Crippen LogP contribution in [0.25, 0.3) is 0 Å². The van der Waals surface area contributed by atoms with Crippen LogP contribution in [-0.2, 0) is 6.54 Å². The fraction of sp³-hybridized carbons (Fsp3) is 0.200. The van der Waals surface area contributed by atoms with Crippen molar-refractivity contribution in [2.45, 2.75) is 13.5 Å². The van der Waals surface area contributed by atoms with Crippen LogP contribution >= 0.6 is 0 Å². The standard InChI is InChI=1S/C15H16N4/c1-2-17-15-9-14(6-7-18-15)19-11-13-5-3-4-12(8-13)10-16/h3-9H,2,11H2,1H3,(H2,17,18,19). The van der Waals surface area contributed by atoms with Crippen LogP contribution in [0.3, 0.4) is 0 Å². The molecule has 96 valence electrons. The van der Waals surface area contributed by atoms with Crippen LogP contribution in [0.5, 0.6) is 0 Å². The molecule has 2 rings (SSSR count). The van der Waals surface area contributed by atoms with Crippen molar-refractivity contribution in [3.63, 3.8) is 0 Å². The van der Waals surface area contributed by atoms with Crippen molar-refractivity contribution in [3.05, 3.63) is 53.7 Å². The number of hydrogen-bond donors (Lipinski definition) is 2. The molecule has 4 heteroatoms. The van der Waals surface area contributed by atoms with Crippen LogP contribution in [0.1, 0.15) is 18.1 Å². The Morgan fingerprint density at radius 2 is 2.11 bits per heavy atom. The average molecular weight is 252 g/mol. The van der Waals surface area contributed by atoms with Crippen LogP contribution in [0.4, 0.5) is 11.5 Å². The molecule has 0 amide bonds. The van der Waals surface area contributed by atoms with Crippen molar-refractivity contribution < 1.29 is 0 Å². The van der Waals surface area contributed by atoms with E-state index in [1.165, 1.54) is 0 Å². The highest BCUT2D eigenvalue weighted by Gasteiger charge is 1.98. The van der Waals surface area contributed by atoms with Crippen LogP contribution in [0.15, 0.2) is 42.6 Å². The third-order valence-electron chi connectivity index (χ3n) is 2.67. The highest BCUT2D eigenvalue weighted by atomic mass is 15.0. The third-order valence-corrected chi connectivity index (χ3v) is 2.67. The summed E-state index contributed by atoms with van der Waals surface area (Å²) in [6.45, 7) is 3.57. The van der Waals surface area contributed by atoms with Gasteiger partial charge in [-0.25, -0.2) is 4.98 Å². The number of benzene rings is 1. The summed E-state index contributed by atoms with van der Waals surface area (Å²) in [5, 5.41) is 15.3. The van der Waals surface area contributed by atoms with Crippen molar-refractivity contribution in [3.8, 4) is 6.07 Å². The predicted molar refractivity (Wildman–Crippen MR) is 76.9 cm³/mol. The molecule has 0 saturated carbocycles. The lowest BCUT2D eigenvalue weighted by Crippen LogP contribution is -2.02. The molecular weight excluding hydrogens is 236 g/mol. The lowest BCUT2D eigenvalue weighted by atomic mass is 10.1. The van der Waals surface area contributed by atoms with E-state index < -0.39 is 0 Å². The molecule has 0 spiro atoms. The monoisotopic (exact) mass is 252 g/mol. The zero-order valence-electron chi connectivity index (χ0n) is 10.9. The molecule has 2 N–H and O–H groups in total. The first-order valence-electron chi connectivity index (χ1n) is 6.24. The van der Waals surface area contributed by atoms with Crippen LogP contribution in [0, 0.1) is 11.3 Å². The van der Waals surface area contributed by atoms with Gasteiger partial charge in [0.15, 0.2) is 0 Å². The van der Waals surface area contributed by atoms with Gasteiger partial charge in [0.1, 0.15) is 5.82 Å². The van der Waals surface area contributed by atoms with Gasteiger partial charge in [-0.15, -0.1) is 0 Å². The van der Waals surface area contributed by atoms with Crippen LogP contribution < -0.4 is 10.6 Å². The quantitative estimate of drug-likeness (QED) is 0.858. The van der Waals surface area contributed by atoms with Gasteiger partial charge >= 0.3 is 0 Å². The first-order chi connectivity index (χ1) is 9.31. The van der Waals surface area contributed by atoms with Gasteiger partial charge in [-0.1, -0.05) is 12.1 Å². The fourth-order valence-electron chi connectivity index (χ4n) is 1.77. The van der Waals surface area contributed by atoms with E-state index in [1.807, 2.05) is 37.3 Å². The van der Waals surface area contributed by atoms with Crippen molar-refractivity contribution in [2.75, 3.05) is 17.2 Å². The molecule has 2 aromatic rings. The maximum atomic E-state index is 8.86. The smallest absolute Gasteiger partial charge is 0.127 e. The fourth-order valence-corrected chi connectivity index (χ4v) is 1.77. The van der Waals surface area contributed by atoms with Crippen molar-refractivity contribution in [1.82, 2.24) is 4.98 Å². The summed E-state index contributed by atoms with van der Waals surface area (Å²) in [4.78, 5) is 4.22. The Bertz CT molecular complexity index is 587. The summed E-state index contributed by atoms with van der Waals surface area (Å²) in [6, 6.07) is 13.6. The lowest BCUT2D eigenvalue weighted by molar-refractivity contribution is 1.12. The maximum Gasteiger partial charge on any atom is 0.127 e. The van der Waals surface area contributed by atoms with E-state index in [4.69, 9.17) is 5.26 Å². The molecule has 0 unspecified atom stereocenters. The van der Waals surface area contributed by atoms with Gasteiger partial charge in [0.05, 0.1) is 11.6 Å². The zero-order chi connectivity index (χ0) is 13.5. The summed E-state index contributed by atoms with van der Waals surface area (Å²) >= 11 is 0. The summed E-state index contributed by atoms with van der Waals surface area (Å²) in [5.41, 5.74) is 2.77. The minimum atomic E-state index is 0.683. The van der Waals surface area contributed by atoms with E-state index in [-0.39, 0.29) is 0 Å². The van der Waals surface area contributed by atoms with Gasteiger partial charge in [-0.3, -0.25) is 0 Å². The third kappa shape index (κ3) is 3.71. The minimum absolute atomic E-state index is 0.683. The van der Waals surface area contributed by atoms with Gasteiger partial charge < -0.3 is 10.6 Å². The number of anilines is 2. The van der Waals surface area contributed by atoms with E-state index >= 15 is 0 Å². The number of hydrogen-bond acceptors (Lipinski definition) is 4. The van der Waals surface area contributed by atoms with E-state index in [1.54, 1.807) is 12.3 Å². The summed E-state index contributed by atoms with van der Waals surface area (Å²) in [7, 11) is 0. The van der Waals surface area contributed by atoms with Gasteiger partial charge in [0.25, 0.3) is 0 Å². The largest absolute Gasteiger partial charge is 0.381 e. The van der Waals surface area contributed by atoms with E-state index in [9.17, 15) is 0 Å². The molecule has 1 aromatic carbocycles. The molecule has 0 fully saturated rings. The minimum Gasteiger partial charge on any atom is -0.381 e. The van der Waals surface area contributed by atoms with Crippen LogP contribution in [-0.4, -0.2) is 11.5 Å². The van der Waals surface area contributed by atoms with E-state index in [2.05, 4.69) is 21.7 Å². The molecule has 0 aliphatic carbocycles. The lowest BCUT2D eigenvalue weighted by Gasteiger charge is -2.08. The second kappa shape index (κ2) is 6.41. The molecule has 0 bridgehead atoms. The van der Waals surface area contributed by atoms with Gasteiger partial charge in [-0.2, -0.15) is 5.26 Å². The Morgan fingerprint density at radius 3 is 2.89 bits per heavy atom. The normalized spacial score (nSPS) is 9.68. The van der Waals surface area contributed by atoms with Gasteiger partial charge in [0.2, 0.25) is 0 Å². The summed E-state index contributed by atoms with van der Waals surface area (Å²) in [5.74, 6) is 0.860. The Morgan fingerprint density at radius 1 is 1.21 bits per heavy atom. The van der Waals surface area contributed by atoms with Crippen molar-refractivity contribution in [2.24, 2.45) is 0 Å². The van der Waals surface area contributed by atoms with Gasteiger partial charge in [-0.05, 0) is 30.7 Å². The number of pyridine rings is 1. The summed E-state index contributed by atoms with van der Waals surface area (Å²) < 4.78 is 0. The second-order valence-electron chi connectivity index (χ2n) is 4.13. The van der Waals surface area contributed by atoms with Crippen molar-refractivity contribution in [1.29, 1.82) is 5.26 Å². The maximum absolute atomic E-state index is 8.86. The zero-order valence-corrected chi connectivity index (χ0v) is 10.9. The number of rotatable bonds is 5. The van der Waals surface area contributed by atoms with Crippen molar-refractivity contribution >= 4 is 11.5 Å². The highest BCUT2D eigenvalue weighted by molar-refractivity contribution is 5.52. The molecule has 1 aromatic heterocycles. The first-order valence-corrected chi connectivity index (χ1v) is 6.24. The molecule has 0 saturated heterocycles. The van der Waals surface area contributed by atoms with Gasteiger partial charge in [0, 0.05) is 31.0 Å². The van der Waals surface area contributed by atoms with E-state index in [0.29, 0.717) is 12.1 Å². The molecule has 19 heavy (non-hydrogen) atoms. The molecular formula is C15H16N4. The first kappa shape index (κ1) is 12.9. The van der Waals surface area contributed by atoms with Crippen LogP contribution in [0.2, 0.25) is 0 Å². The van der Waals surface area contributed by atoms with E-state index in [0.717, 1.165) is 23.6 Å². The Labute approximate surface area is 113 Å². The molecule has 0 radical (unpaired) electrons. The average Bonchev–Trinajstić information content (AvgIpc) is 2.46. The predicted octanol–water partition coefficient (Wildman–Crippen LogP) is 3.00. The summed E-state index contributed by atoms with van der Waals surface area (Å²) in [6.07, 6.45) is 1.77. The second-order valence-corrected chi connectivity index (χ2v) is 4.13. The number of aromatic nitrogens is 1. The number of nitrogens with zero attached hydrogens (tertiary/aromatic N) is 2. The molecule has 0 atom stereocenters.